The van der Waals surface area contributed by atoms with E-state index in [1.165, 1.54) is 12.1 Å². The molecule has 0 spiro atoms. The van der Waals surface area contributed by atoms with Crippen molar-refractivity contribution in [3.05, 3.63) is 34.3 Å². The van der Waals surface area contributed by atoms with Crippen molar-refractivity contribution in [2.24, 2.45) is 0 Å². The number of rotatable bonds is 2. The Morgan fingerprint density at radius 1 is 1.24 bits per heavy atom. The van der Waals surface area contributed by atoms with Crippen molar-refractivity contribution in [3.63, 3.8) is 0 Å². The van der Waals surface area contributed by atoms with Crippen molar-refractivity contribution in [1.29, 1.82) is 0 Å². The highest BCUT2D eigenvalue weighted by Gasteiger charge is 2.19. The monoisotopic (exact) mass is 281 g/mol. The zero-order valence-electron chi connectivity index (χ0n) is 9.26. The van der Waals surface area contributed by atoms with Crippen LogP contribution in [0.3, 0.4) is 0 Å². The van der Waals surface area contributed by atoms with Gasteiger partial charge in [0.1, 0.15) is 0 Å². The van der Waals surface area contributed by atoms with Gasteiger partial charge in [0.25, 0.3) is 6.43 Å². The van der Waals surface area contributed by atoms with Crippen LogP contribution in [0.5, 0.6) is 0 Å². The minimum atomic E-state index is -2.44. The Morgan fingerprint density at radius 2 is 1.88 bits per heavy atom. The molecule has 2 rings (SSSR count). The van der Waals surface area contributed by atoms with Gasteiger partial charge in [-0.15, -0.1) is 12.4 Å². The van der Waals surface area contributed by atoms with Gasteiger partial charge in [-0.1, -0.05) is 23.7 Å². The first-order chi connectivity index (χ1) is 7.68. The average molecular weight is 282 g/mol. The maximum absolute atomic E-state index is 12.5. The van der Waals surface area contributed by atoms with Gasteiger partial charge in [-0.2, -0.15) is 0 Å². The molecule has 0 saturated carbocycles. The number of hydrogen-bond donors (Lipinski definition) is 1. The minimum absolute atomic E-state index is 0. The molecule has 1 heterocycles. The van der Waals surface area contributed by atoms with Crippen molar-refractivity contribution < 1.29 is 8.78 Å². The van der Waals surface area contributed by atoms with Gasteiger partial charge >= 0.3 is 0 Å². The molecule has 0 aromatic heterocycles. The summed E-state index contributed by atoms with van der Waals surface area (Å²) in [6.07, 6.45) is -0.402. The van der Waals surface area contributed by atoms with Crippen LogP contribution in [0.2, 0.25) is 5.02 Å². The van der Waals surface area contributed by atoms with Crippen LogP contribution >= 0.6 is 24.0 Å². The van der Waals surface area contributed by atoms with Crippen LogP contribution in [0.4, 0.5) is 8.78 Å². The van der Waals surface area contributed by atoms with Crippen molar-refractivity contribution in [2.75, 3.05) is 13.1 Å². The topological polar surface area (TPSA) is 12.0 Å². The van der Waals surface area contributed by atoms with E-state index in [4.69, 9.17) is 11.6 Å². The van der Waals surface area contributed by atoms with Crippen LogP contribution < -0.4 is 5.32 Å². The lowest BCUT2D eigenvalue weighted by Crippen LogP contribution is -2.26. The summed E-state index contributed by atoms with van der Waals surface area (Å²) >= 11 is 6.05. The molecule has 1 saturated heterocycles. The molecule has 5 heteroatoms. The van der Waals surface area contributed by atoms with E-state index in [0.717, 1.165) is 31.5 Å². The molecule has 0 atom stereocenters. The Morgan fingerprint density at radius 3 is 2.41 bits per heavy atom. The number of halogens is 4. The minimum Gasteiger partial charge on any atom is -0.317 e. The Balaban J connectivity index is 0.00000144. The molecular weight excluding hydrogens is 267 g/mol. The van der Waals surface area contributed by atoms with Gasteiger partial charge in [0.2, 0.25) is 0 Å². The number of piperidine rings is 1. The molecule has 17 heavy (non-hydrogen) atoms. The second-order valence-corrected chi connectivity index (χ2v) is 4.51. The predicted octanol–water partition coefficient (Wildman–Crippen LogP) is 4.17. The molecule has 0 aliphatic carbocycles. The lowest BCUT2D eigenvalue weighted by Gasteiger charge is -2.24. The highest BCUT2D eigenvalue weighted by molar-refractivity contribution is 6.31. The van der Waals surface area contributed by atoms with E-state index in [9.17, 15) is 8.78 Å². The molecule has 1 aliphatic rings. The van der Waals surface area contributed by atoms with E-state index in [2.05, 4.69) is 5.32 Å². The zero-order valence-corrected chi connectivity index (χ0v) is 10.8. The molecule has 0 bridgehead atoms. The normalized spacial score (nSPS) is 16.9. The van der Waals surface area contributed by atoms with Gasteiger partial charge in [-0.3, -0.25) is 0 Å². The van der Waals surface area contributed by atoms with Crippen molar-refractivity contribution in [2.45, 2.75) is 25.2 Å². The molecular formula is C12H15Cl2F2N. The second kappa shape index (κ2) is 6.53. The third-order valence-corrected chi connectivity index (χ3v) is 3.38. The summed E-state index contributed by atoms with van der Waals surface area (Å²) in [5.74, 6) is 0.403. The number of benzene rings is 1. The van der Waals surface area contributed by atoms with Crippen LogP contribution in [0, 0.1) is 0 Å². The van der Waals surface area contributed by atoms with Crippen LogP contribution in [0.25, 0.3) is 0 Å². The van der Waals surface area contributed by atoms with Gasteiger partial charge in [0.15, 0.2) is 0 Å². The van der Waals surface area contributed by atoms with Crippen molar-refractivity contribution >= 4 is 24.0 Å². The molecule has 0 amide bonds. The fourth-order valence-corrected chi connectivity index (χ4v) is 2.49. The third kappa shape index (κ3) is 3.54. The quantitative estimate of drug-likeness (QED) is 0.858. The maximum Gasteiger partial charge on any atom is 0.263 e. The number of hydrogen-bond acceptors (Lipinski definition) is 1. The van der Waals surface area contributed by atoms with Gasteiger partial charge in [-0.05, 0) is 43.5 Å². The van der Waals surface area contributed by atoms with E-state index in [-0.39, 0.29) is 18.0 Å². The van der Waals surface area contributed by atoms with Gasteiger partial charge in [0.05, 0.1) is 0 Å². The summed E-state index contributed by atoms with van der Waals surface area (Å²) in [5.41, 5.74) is 1.01. The molecule has 96 valence electrons. The smallest absolute Gasteiger partial charge is 0.263 e. The van der Waals surface area contributed by atoms with E-state index >= 15 is 0 Å². The summed E-state index contributed by atoms with van der Waals surface area (Å²) < 4.78 is 24.9. The molecule has 1 aliphatic heterocycles. The molecule has 0 unspecified atom stereocenters. The predicted molar refractivity (Wildman–Crippen MR) is 68.5 cm³/mol. The maximum atomic E-state index is 12.5. The summed E-state index contributed by atoms with van der Waals surface area (Å²) in [6, 6.07) is 4.62. The molecule has 1 N–H and O–H groups in total. The van der Waals surface area contributed by atoms with Crippen LogP contribution in [0.1, 0.15) is 36.3 Å². The van der Waals surface area contributed by atoms with E-state index in [1.807, 2.05) is 0 Å². The van der Waals surface area contributed by atoms with E-state index in [0.29, 0.717) is 10.9 Å². The lowest BCUT2D eigenvalue weighted by atomic mass is 9.90. The van der Waals surface area contributed by atoms with Gasteiger partial charge < -0.3 is 5.32 Å². The summed E-state index contributed by atoms with van der Waals surface area (Å²) in [6.45, 7) is 1.94. The van der Waals surface area contributed by atoms with E-state index < -0.39 is 6.43 Å². The van der Waals surface area contributed by atoms with Crippen molar-refractivity contribution in [1.82, 2.24) is 5.32 Å². The Labute approximate surface area is 111 Å². The fourth-order valence-electron chi connectivity index (χ4n) is 2.14. The third-order valence-electron chi connectivity index (χ3n) is 3.06. The first-order valence-electron chi connectivity index (χ1n) is 5.46. The first kappa shape index (κ1) is 14.7. The Hall–Kier alpha value is -0.380. The van der Waals surface area contributed by atoms with Gasteiger partial charge in [-0.25, -0.2) is 8.78 Å². The molecule has 1 fully saturated rings. The summed E-state index contributed by atoms with van der Waals surface area (Å²) in [7, 11) is 0. The van der Waals surface area contributed by atoms with Crippen molar-refractivity contribution in [3.8, 4) is 0 Å². The molecule has 1 aromatic rings. The molecule has 0 radical (unpaired) electrons. The van der Waals surface area contributed by atoms with Gasteiger partial charge in [0, 0.05) is 10.6 Å². The highest BCUT2D eigenvalue weighted by atomic mass is 35.5. The Kier molecular flexibility index (Phi) is 5.63. The summed E-state index contributed by atoms with van der Waals surface area (Å²) in [5, 5.41) is 3.75. The van der Waals surface area contributed by atoms with Crippen LogP contribution in [0.15, 0.2) is 18.2 Å². The zero-order chi connectivity index (χ0) is 11.5. The number of alkyl halides is 2. The lowest BCUT2D eigenvalue weighted by molar-refractivity contribution is 0.151. The van der Waals surface area contributed by atoms with E-state index in [1.54, 1.807) is 6.07 Å². The largest absolute Gasteiger partial charge is 0.317 e. The SMILES string of the molecule is Cl.FC(F)c1ccc(C2CCNCC2)c(Cl)c1. The Bertz CT molecular complexity index is 366. The first-order valence-corrected chi connectivity index (χ1v) is 5.84. The molecule has 1 aromatic carbocycles. The highest BCUT2D eigenvalue weighted by Crippen LogP contribution is 2.33. The number of nitrogens with one attached hydrogen (secondary N) is 1. The van der Waals surface area contributed by atoms with Crippen LogP contribution in [-0.4, -0.2) is 13.1 Å². The average Bonchev–Trinajstić information content (AvgIpc) is 2.30. The van der Waals surface area contributed by atoms with Crippen LogP contribution in [-0.2, 0) is 0 Å². The molecule has 1 nitrogen and oxygen atoms in total. The standard InChI is InChI=1S/C12H14ClF2N.ClH/c13-11-7-9(12(14)15)1-2-10(11)8-3-5-16-6-4-8;/h1-2,7-8,12,16H,3-6H2;1H. The second-order valence-electron chi connectivity index (χ2n) is 4.11. The summed E-state index contributed by atoms with van der Waals surface area (Å²) in [4.78, 5) is 0. The fraction of sp³-hybridized carbons (Fsp3) is 0.500.